The molecule has 1 aliphatic carbocycles. The smallest absolute Gasteiger partial charge is 0.107 e. The highest BCUT2D eigenvalue weighted by Crippen LogP contribution is 2.43. The Kier molecular flexibility index (Phi) is 3.17. The monoisotopic (exact) mass is 221 g/mol. The van der Waals surface area contributed by atoms with E-state index in [1.165, 1.54) is 6.42 Å². The van der Waals surface area contributed by atoms with Crippen molar-refractivity contribution >= 4 is 5.69 Å². The van der Waals surface area contributed by atoms with E-state index < -0.39 is 6.17 Å². The van der Waals surface area contributed by atoms with Gasteiger partial charge in [0.1, 0.15) is 6.17 Å². The van der Waals surface area contributed by atoms with Gasteiger partial charge in [0.2, 0.25) is 0 Å². The van der Waals surface area contributed by atoms with E-state index in [1.807, 2.05) is 24.3 Å². The zero-order chi connectivity index (χ0) is 11.6. The molecule has 1 nitrogen and oxygen atoms in total. The van der Waals surface area contributed by atoms with Gasteiger partial charge in [-0.2, -0.15) is 0 Å². The van der Waals surface area contributed by atoms with Crippen LogP contribution in [-0.4, -0.2) is 6.17 Å². The Labute approximate surface area is 96.9 Å². The molecule has 1 unspecified atom stereocenters. The van der Waals surface area contributed by atoms with Crippen LogP contribution in [0.4, 0.5) is 10.1 Å². The topological polar surface area (TPSA) is 26.0 Å². The molecule has 0 radical (unpaired) electrons. The maximum Gasteiger partial charge on any atom is 0.107 e. The predicted molar refractivity (Wildman–Crippen MR) is 66.2 cm³/mol. The molecule has 2 N–H and O–H groups in total. The largest absolute Gasteiger partial charge is 0.399 e. The molecule has 0 saturated heterocycles. The summed E-state index contributed by atoms with van der Waals surface area (Å²) in [5, 5.41) is 0. The van der Waals surface area contributed by atoms with Gasteiger partial charge in [0, 0.05) is 11.1 Å². The molecule has 2 rings (SSSR count). The van der Waals surface area contributed by atoms with Gasteiger partial charge in [-0.15, -0.1) is 0 Å². The minimum Gasteiger partial charge on any atom is -0.399 e. The zero-order valence-electron chi connectivity index (χ0n) is 9.88. The third kappa shape index (κ3) is 1.93. The van der Waals surface area contributed by atoms with Gasteiger partial charge < -0.3 is 5.73 Å². The quantitative estimate of drug-likeness (QED) is 0.755. The fraction of sp³-hybridized carbons (Fsp3) is 0.571. The molecule has 1 aromatic rings. The summed E-state index contributed by atoms with van der Waals surface area (Å²) in [5.41, 5.74) is 7.34. The van der Waals surface area contributed by atoms with Gasteiger partial charge in [-0.3, -0.25) is 0 Å². The highest BCUT2D eigenvalue weighted by Gasteiger charge is 2.39. The Morgan fingerprint density at radius 3 is 2.50 bits per heavy atom. The maximum atomic E-state index is 14.0. The highest BCUT2D eigenvalue weighted by atomic mass is 19.1. The molecule has 0 amide bonds. The van der Waals surface area contributed by atoms with Crippen LogP contribution in [0, 0.1) is 0 Å². The Balaban J connectivity index is 2.38. The van der Waals surface area contributed by atoms with Crippen LogP contribution in [0.1, 0.15) is 44.6 Å². The number of benzene rings is 1. The van der Waals surface area contributed by atoms with Crippen LogP contribution in [0.2, 0.25) is 0 Å². The molecule has 2 heteroatoms. The Morgan fingerprint density at radius 2 is 1.94 bits per heavy atom. The molecule has 88 valence electrons. The van der Waals surface area contributed by atoms with Crippen molar-refractivity contribution in [3.8, 4) is 0 Å². The molecule has 1 saturated carbocycles. The van der Waals surface area contributed by atoms with Crippen molar-refractivity contribution in [2.45, 2.75) is 50.6 Å². The lowest BCUT2D eigenvalue weighted by molar-refractivity contribution is 0.151. The average molecular weight is 221 g/mol. The minimum atomic E-state index is -0.797. The third-order valence-electron chi connectivity index (χ3n) is 3.97. The van der Waals surface area contributed by atoms with E-state index in [9.17, 15) is 4.39 Å². The third-order valence-corrected chi connectivity index (χ3v) is 3.97. The molecule has 0 bridgehead atoms. The predicted octanol–water partition coefficient (Wildman–Crippen LogP) is 3.83. The summed E-state index contributed by atoms with van der Waals surface area (Å²) in [6, 6.07) is 7.77. The van der Waals surface area contributed by atoms with Crippen LogP contribution in [0.25, 0.3) is 0 Å². The molecule has 1 atom stereocenters. The van der Waals surface area contributed by atoms with E-state index in [0.29, 0.717) is 0 Å². The molecular formula is C14H20FN. The standard InChI is InChI=1S/C14H20FN/c1-11(15)14(8-3-2-4-9-14)12-6-5-7-13(16)10-12/h5-7,10-11H,2-4,8-9,16H2,1H3. The lowest BCUT2D eigenvalue weighted by atomic mass is 9.67. The number of nitrogens with two attached hydrogens (primary N) is 1. The zero-order valence-corrected chi connectivity index (χ0v) is 9.88. The van der Waals surface area contributed by atoms with Gasteiger partial charge in [-0.25, -0.2) is 4.39 Å². The van der Waals surface area contributed by atoms with Gasteiger partial charge >= 0.3 is 0 Å². The van der Waals surface area contributed by atoms with Crippen LogP contribution in [0.15, 0.2) is 24.3 Å². The molecular weight excluding hydrogens is 201 g/mol. The Bertz CT molecular complexity index is 354. The first kappa shape index (κ1) is 11.4. The normalized spacial score (nSPS) is 21.6. The van der Waals surface area contributed by atoms with Crippen molar-refractivity contribution in [3.63, 3.8) is 0 Å². The van der Waals surface area contributed by atoms with Crippen LogP contribution in [-0.2, 0) is 5.41 Å². The lowest BCUT2D eigenvalue weighted by Gasteiger charge is -2.39. The van der Waals surface area contributed by atoms with Gasteiger partial charge in [0.15, 0.2) is 0 Å². The lowest BCUT2D eigenvalue weighted by Crippen LogP contribution is -2.37. The van der Waals surface area contributed by atoms with E-state index in [1.54, 1.807) is 6.92 Å². The first-order chi connectivity index (χ1) is 7.65. The van der Waals surface area contributed by atoms with Crippen molar-refractivity contribution in [2.75, 3.05) is 5.73 Å². The summed E-state index contributed by atoms with van der Waals surface area (Å²) >= 11 is 0. The van der Waals surface area contributed by atoms with Gasteiger partial charge in [-0.1, -0.05) is 31.4 Å². The van der Waals surface area contributed by atoms with Crippen molar-refractivity contribution in [1.82, 2.24) is 0 Å². The molecule has 0 aromatic heterocycles. The fourth-order valence-electron chi connectivity index (χ4n) is 2.95. The second-order valence-electron chi connectivity index (χ2n) is 4.96. The summed E-state index contributed by atoms with van der Waals surface area (Å²) < 4.78 is 14.0. The van der Waals surface area contributed by atoms with Crippen LogP contribution >= 0.6 is 0 Å². The first-order valence-corrected chi connectivity index (χ1v) is 6.15. The van der Waals surface area contributed by atoms with Crippen molar-refractivity contribution in [3.05, 3.63) is 29.8 Å². The minimum absolute atomic E-state index is 0.284. The van der Waals surface area contributed by atoms with Gasteiger partial charge in [0.25, 0.3) is 0 Å². The average Bonchev–Trinajstić information content (AvgIpc) is 2.30. The van der Waals surface area contributed by atoms with Crippen molar-refractivity contribution in [2.24, 2.45) is 0 Å². The van der Waals surface area contributed by atoms with Gasteiger partial charge in [0.05, 0.1) is 0 Å². The van der Waals surface area contributed by atoms with Crippen LogP contribution in [0.5, 0.6) is 0 Å². The van der Waals surface area contributed by atoms with Crippen LogP contribution < -0.4 is 5.73 Å². The van der Waals surface area contributed by atoms with E-state index >= 15 is 0 Å². The number of hydrogen-bond donors (Lipinski definition) is 1. The molecule has 0 aliphatic heterocycles. The molecule has 0 spiro atoms. The van der Waals surface area contributed by atoms with Crippen molar-refractivity contribution in [1.29, 1.82) is 0 Å². The molecule has 16 heavy (non-hydrogen) atoms. The van der Waals surface area contributed by atoms with E-state index in [0.717, 1.165) is 36.9 Å². The summed E-state index contributed by atoms with van der Waals surface area (Å²) in [6.45, 7) is 1.69. The van der Waals surface area contributed by atoms with E-state index in [2.05, 4.69) is 0 Å². The van der Waals surface area contributed by atoms with Crippen molar-refractivity contribution < 1.29 is 4.39 Å². The van der Waals surface area contributed by atoms with Crippen LogP contribution in [0.3, 0.4) is 0 Å². The molecule has 1 aromatic carbocycles. The summed E-state index contributed by atoms with van der Waals surface area (Å²) in [4.78, 5) is 0. The van der Waals surface area contributed by atoms with E-state index in [-0.39, 0.29) is 5.41 Å². The Morgan fingerprint density at radius 1 is 1.25 bits per heavy atom. The number of hydrogen-bond acceptors (Lipinski definition) is 1. The van der Waals surface area contributed by atoms with Gasteiger partial charge in [-0.05, 0) is 37.5 Å². The highest BCUT2D eigenvalue weighted by molar-refractivity contribution is 5.44. The SMILES string of the molecule is CC(F)C1(c2cccc(N)c2)CCCCC1. The number of alkyl halides is 1. The molecule has 1 aliphatic rings. The Hall–Kier alpha value is -1.05. The number of anilines is 1. The summed E-state index contributed by atoms with van der Waals surface area (Å²) in [5.74, 6) is 0. The second kappa shape index (κ2) is 4.44. The maximum absolute atomic E-state index is 14.0. The molecule has 0 heterocycles. The summed E-state index contributed by atoms with van der Waals surface area (Å²) in [6.07, 6.45) is 4.60. The number of rotatable bonds is 2. The van der Waals surface area contributed by atoms with E-state index in [4.69, 9.17) is 5.73 Å². The first-order valence-electron chi connectivity index (χ1n) is 6.15. The second-order valence-corrected chi connectivity index (χ2v) is 4.96. The summed E-state index contributed by atoms with van der Waals surface area (Å²) in [7, 11) is 0. The number of halogens is 1. The molecule has 1 fully saturated rings. The number of nitrogen functional groups attached to an aromatic ring is 1. The fourth-order valence-corrected chi connectivity index (χ4v) is 2.95.